The van der Waals surface area contributed by atoms with Crippen molar-refractivity contribution in [1.82, 2.24) is 0 Å². The zero-order chi connectivity index (χ0) is 18.4. The number of hydrogen-bond donors (Lipinski definition) is 1. The van der Waals surface area contributed by atoms with Gasteiger partial charge in [-0.05, 0) is 67.1 Å². The van der Waals surface area contributed by atoms with Crippen LogP contribution in [0.4, 0.5) is 0 Å². The van der Waals surface area contributed by atoms with Crippen molar-refractivity contribution in [2.45, 2.75) is 84.5 Å². The Balaban J connectivity index is 1.53. The average molecular weight is 361 g/mol. The predicted molar refractivity (Wildman–Crippen MR) is 102 cm³/mol. The van der Waals surface area contributed by atoms with Gasteiger partial charge in [-0.2, -0.15) is 0 Å². The molecule has 5 aliphatic rings. The summed E-state index contributed by atoms with van der Waals surface area (Å²) in [6, 6.07) is 0. The second kappa shape index (κ2) is 5.36. The molecule has 4 fully saturated rings. The Morgan fingerprint density at radius 1 is 0.923 bits per heavy atom. The Morgan fingerprint density at radius 2 is 1.65 bits per heavy atom. The molecule has 0 aromatic carbocycles. The summed E-state index contributed by atoms with van der Waals surface area (Å²) in [6.07, 6.45) is 10.6. The average Bonchev–Trinajstić information content (AvgIpc) is 3.19. The van der Waals surface area contributed by atoms with E-state index in [-0.39, 0.29) is 22.3 Å². The summed E-state index contributed by atoms with van der Waals surface area (Å²) in [5.74, 6) is 1.79. The summed E-state index contributed by atoms with van der Waals surface area (Å²) >= 11 is 0. The molecule has 4 aliphatic carbocycles. The number of rotatable bonds is 0. The van der Waals surface area contributed by atoms with E-state index in [0.29, 0.717) is 5.92 Å². The third kappa shape index (κ3) is 1.96. The molecule has 0 aromatic rings. The Morgan fingerprint density at radius 3 is 2.38 bits per heavy atom. The molecule has 26 heavy (non-hydrogen) atoms. The summed E-state index contributed by atoms with van der Waals surface area (Å²) < 4.78 is 12.5. The van der Waals surface area contributed by atoms with Crippen molar-refractivity contribution in [3.8, 4) is 0 Å². The molecule has 1 spiro atoms. The lowest BCUT2D eigenvalue weighted by Crippen LogP contribution is -2.59. The van der Waals surface area contributed by atoms with E-state index in [2.05, 4.69) is 33.8 Å². The second-order valence-electron chi connectivity index (χ2n) is 10.9. The van der Waals surface area contributed by atoms with Gasteiger partial charge in [0.15, 0.2) is 5.79 Å². The zero-order valence-corrected chi connectivity index (χ0v) is 17.0. The van der Waals surface area contributed by atoms with Crippen molar-refractivity contribution < 1.29 is 14.6 Å². The fourth-order valence-corrected chi connectivity index (χ4v) is 8.26. The number of ether oxygens (including phenoxy) is 2. The van der Waals surface area contributed by atoms with Gasteiger partial charge in [0.05, 0.1) is 19.3 Å². The molecule has 1 N–H and O–H groups in total. The van der Waals surface area contributed by atoms with Gasteiger partial charge < -0.3 is 14.6 Å². The van der Waals surface area contributed by atoms with Gasteiger partial charge in [-0.25, -0.2) is 0 Å². The lowest BCUT2D eigenvalue weighted by Gasteiger charge is -2.62. The van der Waals surface area contributed by atoms with Gasteiger partial charge in [-0.1, -0.05) is 39.3 Å². The topological polar surface area (TPSA) is 38.7 Å². The molecule has 1 unspecified atom stereocenters. The molecule has 0 amide bonds. The van der Waals surface area contributed by atoms with E-state index < -0.39 is 5.79 Å². The molecule has 0 aromatic heterocycles. The Bertz CT molecular complexity index is 631. The monoisotopic (exact) mass is 360 g/mol. The van der Waals surface area contributed by atoms with Crippen molar-refractivity contribution in [3.05, 3.63) is 11.6 Å². The van der Waals surface area contributed by atoms with E-state index in [0.717, 1.165) is 37.9 Å². The van der Waals surface area contributed by atoms with Gasteiger partial charge >= 0.3 is 0 Å². The Labute approximate surface area is 158 Å². The summed E-state index contributed by atoms with van der Waals surface area (Å²) in [5, 5.41) is 10.6. The molecule has 3 heteroatoms. The van der Waals surface area contributed by atoms with Crippen LogP contribution in [0.25, 0.3) is 0 Å². The zero-order valence-electron chi connectivity index (χ0n) is 17.0. The maximum atomic E-state index is 10.6. The molecule has 1 saturated heterocycles. The quantitative estimate of drug-likeness (QED) is 0.637. The van der Waals surface area contributed by atoms with Crippen molar-refractivity contribution in [2.24, 2.45) is 34.0 Å². The molecule has 0 radical (unpaired) electrons. The van der Waals surface area contributed by atoms with E-state index in [9.17, 15) is 5.11 Å². The predicted octanol–water partition coefficient (Wildman–Crippen LogP) is 4.69. The third-order valence-corrected chi connectivity index (χ3v) is 9.77. The van der Waals surface area contributed by atoms with Gasteiger partial charge in [0.25, 0.3) is 0 Å². The molecule has 1 heterocycles. The molecule has 1 aliphatic heterocycles. The largest absolute Gasteiger partial charge is 0.393 e. The summed E-state index contributed by atoms with van der Waals surface area (Å²) in [4.78, 5) is 0. The molecular weight excluding hydrogens is 324 g/mol. The van der Waals surface area contributed by atoms with Crippen molar-refractivity contribution >= 4 is 0 Å². The minimum absolute atomic E-state index is 0.0581. The first-order valence-electron chi connectivity index (χ1n) is 10.9. The Kier molecular flexibility index (Phi) is 3.65. The summed E-state index contributed by atoms with van der Waals surface area (Å²) in [7, 11) is 0. The minimum Gasteiger partial charge on any atom is -0.393 e. The first-order valence-corrected chi connectivity index (χ1v) is 10.9. The van der Waals surface area contributed by atoms with Crippen LogP contribution >= 0.6 is 0 Å². The summed E-state index contributed by atoms with van der Waals surface area (Å²) in [6.45, 7) is 11.1. The molecular formula is C23H36O3. The third-order valence-electron chi connectivity index (χ3n) is 9.77. The van der Waals surface area contributed by atoms with Crippen molar-refractivity contribution in [3.63, 3.8) is 0 Å². The number of aliphatic hydroxyl groups excluding tert-OH is 1. The normalized spacial score (nSPS) is 51.5. The van der Waals surface area contributed by atoms with Gasteiger partial charge in [0.1, 0.15) is 0 Å². The lowest BCUT2D eigenvalue weighted by atomic mass is 9.44. The highest BCUT2D eigenvalue weighted by Crippen LogP contribution is 2.69. The molecule has 146 valence electrons. The first kappa shape index (κ1) is 17.7. The fraction of sp³-hybridized carbons (Fsp3) is 0.913. The van der Waals surface area contributed by atoms with Gasteiger partial charge in [0.2, 0.25) is 0 Å². The minimum atomic E-state index is -0.405. The van der Waals surface area contributed by atoms with Gasteiger partial charge in [0, 0.05) is 11.8 Å². The van der Waals surface area contributed by atoms with E-state index in [1.165, 1.54) is 32.1 Å². The van der Waals surface area contributed by atoms with Crippen molar-refractivity contribution in [2.75, 3.05) is 13.2 Å². The summed E-state index contributed by atoms with van der Waals surface area (Å²) in [5.41, 5.74) is 1.96. The van der Waals surface area contributed by atoms with E-state index in [4.69, 9.17) is 9.47 Å². The maximum absolute atomic E-state index is 10.6. The van der Waals surface area contributed by atoms with Crippen LogP contribution in [0.1, 0.15) is 72.6 Å². The number of allylic oxidation sites excluding steroid dienone is 1. The molecule has 5 rings (SSSR count). The number of aliphatic hydroxyl groups is 1. The van der Waals surface area contributed by atoms with Crippen LogP contribution in [-0.4, -0.2) is 30.2 Å². The van der Waals surface area contributed by atoms with Crippen LogP contribution in [0.15, 0.2) is 11.6 Å². The highest BCUT2D eigenvalue weighted by molar-refractivity contribution is 5.33. The van der Waals surface area contributed by atoms with Crippen LogP contribution < -0.4 is 0 Å². The van der Waals surface area contributed by atoms with Crippen LogP contribution in [0.5, 0.6) is 0 Å². The number of fused-ring (bicyclic) bond motifs is 5. The SMILES string of the molecule is CC1(C)C2=CC[C@@H]3[C@H](CC[C@]4(C)C(O)CC[C@@H]34)[C@@]2(C)CCC12OCCO2. The Hall–Kier alpha value is -0.380. The van der Waals surface area contributed by atoms with E-state index >= 15 is 0 Å². The maximum Gasteiger partial charge on any atom is 0.177 e. The second-order valence-corrected chi connectivity index (χ2v) is 10.9. The highest BCUT2D eigenvalue weighted by atomic mass is 16.7. The number of hydrogen-bond acceptors (Lipinski definition) is 3. The highest BCUT2D eigenvalue weighted by Gasteiger charge is 2.65. The van der Waals surface area contributed by atoms with Crippen LogP contribution in [0, 0.1) is 34.0 Å². The van der Waals surface area contributed by atoms with Crippen LogP contribution in [0.2, 0.25) is 0 Å². The van der Waals surface area contributed by atoms with E-state index in [1.807, 2.05) is 0 Å². The first-order chi connectivity index (χ1) is 12.2. The van der Waals surface area contributed by atoms with Gasteiger partial charge in [-0.3, -0.25) is 0 Å². The van der Waals surface area contributed by atoms with Crippen molar-refractivity contribution in [1.29, 1.82) is 0 Å². The standard InChI is InChI=1S/C23H36O3/c1-20(2)18-7-5-15-16-6-8-19(24)22(16,4)10-9-17(15)21(18,3)11-12-23(20)25-13-14-26-23/h7,15-17,19,24H,5-6,8-14H2,1-4H3/t15-,16-,17-,19?,21+,22-/m0/s1. The van der Waals surface area contributed by atoms with E-state index in [1.54, 1.807) is 5.57 Å². The smallest absolute Gasteiger partial charge is 0.177 e. The molecule has 0 bridgehead atoms. The molecule has 6 atom stereocenters. The van der Waals surface area contributed by atoms with Gasteiger partial charge in [-0.15, -0.1) is 0 Å². The van der Waals surface area contributed by atoms with Crippen LogP contribution in [0.3, 0.4) is 0 Å². The molecule has 3 saturated carbocycles. The van der Waals surface area contributed by atoms with Crippen LogP contribution in [-0.2, 0) is 9.47 Å². The molecule has 3 nitrogen and oxygen atoms in total. The fourth-order valence-electron chi connectivity index (χ4n) is 8.26. The lowest BCUT2D eigenvalue weighted by molar-refractivity contribution is -0.246.